The van der Waals surface area contributed by atoms with Crippen molar-refractivity contribution in [3.8, 4) is 5.75 Å². The average Bonchev–Trinajstić information content (AvgIpc) is 3.29. The molecule has 4 rings (SSSR count). The third-order valence-electron chi connectivity index (χ3n) is 4.72. The lowest BCUT2D eigenvalue weighted by molar-refractivity contribution is -0.134. The molecule has 1 aliphatic rings. The van der Waals surface area contributed by atoms with Crippen LogP contribution >= 0.6 is 11.9 Å². The first-order chi connectivity index (χ1) is 14.9. The van der Waals surface area contributed by atoms with Crippen molar-refractivity contribution in [2.75, 3.05) is 6.61 Å². The van der Waals surface area contributed by atoms with Crippen LogP contribution in [-0.2, 0) is 17.9 Å². The van der Waals surface area contributed by atoms with E-state index in [1.54, 1.807) is 22.4 Å². The Morgan fingerprint density at radius 2 is 2.00 bits per heavy atom. The summed E-state index contributed by atoms with van der Waals surface area (Å²) in [6.45, 7) is -2.92. The maximum Gasteiger partial charge on any atom is 0.387 e. The average molecular weight is 450 g/mol. The highest BCUT2D eigenvalue weighted by molar-refractivity contribution is 7.97. The molecule has 1 aliphatic heterocycles. The van der Waals surface area contributed by atoms with Gasteiger partial charge in [-0.25, -0.2) is 8.48 Å². The minimum Gasteiger partial charge on any atom is -0.435 e. The third-order valence-corrected chi connectivity index (χ3v) is 5.57. The zero-order chi connectivity index (χ0) is 22.0. The number of nitrogens with zero attached hydrogens (tertiary/aromatic N) is 4. The van der Waals surface area contributed by atoms with E-state index in [9.17, 15) is 23.1 Å². The van der Waals surface area contributed by atoms with E-state index in [0.717, 1.165) is 10.5 Å². The van der Waals surface area contributed by atoms with Gasteiger partial charge in [-0.2, -0.15) is 13.9 Å². The van der Waals surface area contributed by atoms with E-state index in [1.807, 2.05) is 0 Å². The molecule has 31 heavy (non-hydrogen) atoms. The van der Waals surface area contributed by atoms with Gasteiger partial charge >= 0.3 is 6.61 Å². The van der Waals surface area contributed by atoms with Crippen molar-refractivity contribution in [2.45, 2.75) is 30.5 Å². The number of fused-ring (bicyclic) bond motifs is 1. The highest BCUT2D eigenvalue weighted by Gasteiger charge is 2.33. The summed E-state index contributed by atoms with van der Waals surface area (Å²) in [6.07, 6.45) is 3.15. The number of rotatable bonds is 7. The van der Waals surface area contributed by atoms with Gasteiger partial charge in [-0.05, 0) is 36.4 Å². The number of benzene rings is 1. The molecule has 0 saturated carbocycles. The van der Waals surface area contributed by atoms with Gasteiger partial charge in [-0.15, -0.1) is 0 Å². The molecule has 0 radical (unpaired) electrons. The number of aliphatic hydroxyl groups excluding tert-OH is 1. The van der Waals surface area contributed by atoms with Crippen LogP contribution in [0.4, 0.5) is 13.2 Å². The van der Waals surface area contributed by atoms with Crippen molar-refractivity contribution in [3.63, 3.8) is 0 Å². The fraction of sp³-hybridized carbons (Fsp3) is 0.250. The van der Waals surface area contributed by atoms with Crippen LogP contribution in [0.1, 0.15) is 22.9 Å². The number of pyridine rings is 1. The summed E-state index contributed by atoms with van der Waals surface area (Å²) < 4.78 is 44.4. The highest BCUT2D eigenvalue weighted by Crippen LogP contribution is 2.30. The van der Waals surface area contributed by atoms with Crippen molar-refractivity contribution in [1.29, 1.82) is 0 Å². The van der Waals surface area contributed by atoms with Crippen molar-refractivity contribution in [3.05, 3.63) is 71.6 Å². The molecule has 162 valence electrons. The van der Waals surface area contributed by atoms with Crippen molar-refractivity contribution in [1.82, 2.24) is 19.1 Å². The molecule has 0 fully saturated rings. The molecule has 7 nitrogen and oxygen atoms in total. The number of aliphatic hydroxyl groups is 1. The summed E-state index contributed by atoms with van der Waals surface area (Å²) in [5, 5.41) is 14.1. The molecule has 0 spiro atoms. The first kappa shape index (κ1) is 21.2. The summed E-state index contributed by atoms with van der Waals surface area (Å²) in [5.41, 5.74) is 1.44. The summed E-state index contributed by atoms with van der Waals surface area (Å²) in [4.78, 5) is 19.0. The molecule has 3 aromatic rings. The van der Waals surface area contributed by atoms with Gasteiger partial charge in [0.25, 0.3) is 0 Å². The van der Waals surface area contributed by atoms with Crippen LogP contribution in [0, 0.1) is 5.82 Å². The van der Waals surface area contributed by atoms with Crippen LogP contribution in [0.25, 0.3) is 0 Å². The molecule has 1 N–H and O–H groups in total. The van der Waals surface area contributed by atoms with Crippen LogP contribution in [-0.4, -0.2) is 43.3 Å². The second-order valence-corrected chi connectivity index (χ2v) is 7.77. The summed E-state index contributed by atoms with van der Waals surface area (Å²) in [6, 6.07) is 8.78. The Bertz CT molecular complexity index is 1050. The zero-order valence-electron chi connectivity index (χ0n) is 16.0. The van der Waals surface area contributed by atoms with E-state index in [4.69, 9.17) is 0 Å². The number of hydrogen-bond donors (Lipinski definition) is 1. The van der Waals surface area contributed by atoms with Gasteiger partial charge in [0, 0.05) is 41.3 Å². The van der Waals surface area contributed by atoms with Crippen LogP contribution in [0.5, 0.6) is 5.75 Å². The first-order valence-corrected chi connectivity index (χ1v) is 10.0. The standard InChI is InChI=1S/C20H17F3N4O3S/c21-16-2-1-7-24-18(16)15(11-28)19(29)26-8-12-9-27(25-17(12)10-26)31-14-5-3-13(4-6-14)30-20(22)23/h1-7,9,15,20,28H,8,10-11H2. The molecule has 0 bridgehead atoms. The predicted octanol–water partition coefficient (Wildman–Crippen LogP) is 3.19. The van der Waals surface area contributed by atoms with Crippen molar-refractivity contribution in [2.24, 2.45) is 0 Å². The van der Waals surface area contributed by atoms with Crippen LogP contribution in [0.3, 0.4) is 0 Å². The molecule has 3 heterocycles. The van der Waals surface area contributed by atoms with Gasteiger partial charge in [-0.3, -0.25) is 9.78 Å². The highest BCUT2D eigenvalue weighted by atomic mass is 32.2. The second-order valence-electron chi connectivity index (χ2n) is 6.74. The van der Waals surface area contributed by atoms with E-state index < -0.39 is 30.9 Å². The molecular formula is C20H17F3N4O3S. The van der Waals surface area contributed by atoms with Gasteiger partial charge in [0.1, 0.15) is 17.5 Å². The number of carbonyl (C=O) groups excluding carboxylic acids is 1. The molecule has 1 amide bonds. The Morgan fingerprint density at radius 3 is 2.65 bits per heavy atom. The number of alkyl halides is 2. The van der Waals surface area contributed by atoms with E-state index in [2.05, 4.69) is 14.8 Å². The van der Waals surface area contributed by atoms with Gasteiger partial charge in [-0.1, -0.05) is 0 Å². The summed E-state index contributed by atoms with van der Waals surface area (Å²) >= 11 is 1.28. The molecular weight excluding hydrogens is 433 g/mol. The maximum absolute atomic E-state index is 14.0. The van der Waals surface area contributed by atoms with Gasteiger partial charge in [0.2, 0.25) is 5.91 Å². The Kier molecular flexibility index (Phi) is 6.14. The SMILES string of the molecule is O=C(C(CO)c1ncccc1F)N1Cc2cn(Sc3ccc(OC(F)F)cc3)nc2C1. The van der Waals surface area contributed by atoms with E-state index >= 15 is 0 Å². The molecule has 11 heteroatoms. The lowest BCUT2D eigenvalue weighted by Crippen LogP contribution is -2.33. The Labute approximate surface area is 179 Å². The molecule has 1 unspecified atom stereocenters. The largest absolute Gasteiger partial charge is 0.435 e. The number of carbonyl (C=O) groups is 1. The van der Waals surface area contributed by atoms with Crippen LogP contribution < -0.4 is 4.74 Å². The monoisotopic (exact) mass is 450 g/mol. The molecule has 2 aromatic heterocycles. The zero-order valence-corrected chi connectivity index (χ0v) is 16.8. The summed E-state index contributed by atoms with van der Waals surface area (Å²) in [5.74, 6) is -2.08. The van der Waals surface area contributed by atoms with E-state index in [1.165, 1.54) is 47.3 Å². The smallest absolute Gasteiger partial charge is 0.387 e. The number of ether oxygens (including phenoxy) is 1. The molecule has 1 atom stereocenters. The fourth-order valence-corrected chi connectivity index (χ4v) is 4.07. The predicted molar refractivity (Wildman–Crippen MR) is 105 cm³/mol. The molecule has 0 aliphatic carbocycles. The van der Waals surface area contributed by atoms with Gasteiger partial charge in [0.05, 0.1) is 24.5 Å². The van der Waals surface area contributed by atoms with Crippen molar-refractivity contribution < 1.29 is 27.8 Å². The Morgan fingerprint density at radius 1 is 1.23 bits per heavy atom. The van der Waals surface area contributed by atoms with Crippen LogP contribution in [0.2, 0.25) is 0 Å². The number of halogens is 3. The quantitative estimate of drug-likeness (QED) is 0.596. The Hall–Kier alpha value is -3.05. The first-order valence-electron chi connectivity index (χ1n) is 9.25. The van der Waals surface area contributed by atoms with E-state index in [-0.39, 0.29) is 24.5 Å². The minimum absolute atomic E-state index is 0.0687. The van der Waals surface area contributed by atoms with Gasteiger partial charge < -0.3 is 14.7 Å². The van der Waals surface area contributed by atoms with Crippen molar-refractivity contribution >= 4 is 17.9 Å². The second kappa shape index (κ2) is 8.98. The minimum atomic E-state index is -2.88. The van der Waals surface area contributed by atoms with E-state index in [0.29, 0.717) is 5.69 Å². The fourth-order valence-electron chi connectivity index (χ4n) is 3.28. The number of amides is 1. The van der Waals surface area contributed by atoms with Gasteiger partial charge in [0.15, 0.2) is 0 Å². The molecule has 0 saturated heterocycles. The number of hydrogen-bond acceptors (Lipinski definition) is 6. The molecule has 1 aromatic carbocycles. The maximum atomic E-state index is 14.0. The lowest BCUT2D eigenvalue weighted by Gasteiger charge is -2.21. The normalized spacial score (nSPS) is 14.0. The topological polar surface area (TPSA) is 80.5 Å². The number of aromatic nitrogens is 3. The summed E-state index contributed by atoms with van der Waals surface area (Å²) in [7, 11) is 0. The third kappa shape index (κ3) is 4.67. The lowest BCUT2D eigenvalue weighted by atomic mass is 10.0. The Balaban J connectivity index is 1.41. The van der Waals surface area contributed by atoms with Crippen LogP contribution in [0.15, 0.2) is 53.7 Å².